The fourth-order valence-electron chi connectivity index (χ4n) is 0.819. The first-order valence-electron chi connectivity index (χ1n) is 5.15. The average molecular weight is 217 g/mol. The lowest BCUT2D eigenvalue weighted by atomic mass is 10.5. The van der Waals surface area contributed by atoms with E-state index in [-0.39, 0.29) is 6.54 Å². The Balaban J connectivity index is 3.75. The maximum Gasteiger partial charge on any atom is 0.410 e. The van der Waals surface area contributed by atoms with Gasteiger partial charge in [-0.05, 0) is 12.8 Å². The molecule has 0 N–H and O–H groups in total. The zero-order valence-corrected chi connectivity index (χ0v) is 9.62. The molecule has 0 rings (SSSR count). The van der Waals surface area contributed by atoms with E-state index in [4.69, 9.17) is 9.47 Å². The first-order chi connectivity index (χ1) is 7.11. The van der Waals surface area contributed by atoms with Crippen LogP contribution in [-0.4, -0.2) is 43.8 Å². The van der Waals surface area contributed by atoms with Gasteiger partial charge in [-0.1, -0.05) is 13.8 Å². The number of ether oxygens (including phenoxy) is 2. The lowest BCUT2D eigenvalue weighted by Crippen LogP contribution is -2.33. The molecule has 0 fully saturated rings. The lowest BCUT2D eigenvalue weighted by molar-refractivity contribution is -0.144. The molecule has 88 valence electrons. The van der Waals surface area contributed by atoms with Crippen LogP contribution in [0, 0.1) is 0 Å². The number of likely N-dealkylation sites (N-methyl/N-ethyl adjacent to an activating group) is 1. The fourth-order valence-corrected chi connectivity index (χ4v) is 0.819. The summed E-state index contributed by atoms with van der Waals surface area (Å²) < 4.78 is 9.67. The van der Waals surface area contributed by atoms with Crippen molar-refractivity contribution in [2.75, 3.05) is 26.8 Å². The first-order valence-corrected chi connectivity index (χ1v) is 5.15. The number of amides is 1. The second-order valence-corrected chi connectivity index (χ2v) is 3.19. The predicted octanol–water partition coefficient (Wildman–Crippen LogP) is 1.42. The minimum Gasteiger partial charge on any atom is -0.464 e. The molecule has 0 aromatic rings. The summed E-state index contributed by atoms with van der Waals surface area (Å²) in [5.41, 5.74) is 0. The van der Waals surface area contributed by atoms with Crippen molar-refractivity contribution in [3.8, 4) is 0 Å². The Morgan fingerprint density at radius 1 is 1.07 bits per heavy atom. The van der Waals surface area contributed by atoms with Gasteiger partial charge >= 0.3 is 12.1 Å². The number of esters is 1. The molecule has 0 saturated carbocycles. The monoisotopic (exact) mass is 217 g/mol. The van der Waals surface area contributed by atoms with E-state index < -0.39 is 12.1 Å². The Hall–Kier alpha value is -1.26. The molecule has 0 radical (unpaired) electrons. The number of rotatable bonds is 6. The normalized spacial score (nSPS) is 9.53. The number of hydrogen-bond acceptors (Lipinski definition) is 4. The average Bonchev–Trinajstić information content (AvgIpc) is 2.22. The van der Waals surface area contributed by atoms with Gasteiger partial charge in [0.05, 0.1) is 13.2 Å². The van der Waals surface area contributed by atoms with Crippen LogP contribution in [0.5, 0.6) is 0 Å². The fraction of sp³-hybridized carbons (Fsp3) is 0.800. The highest BCUT2D eigenvalue weighted by Gasteiger charge is 2.14. The van der Waals surface area contributed by atoms with Crippen molar-refractivity contribution in [3.63, 3.8) is 0 Å². The highest BCUT2D eigenvalue weighted by Crippen LogP contribution is 1.93. The molecule has 0 aromatic carbocycles. The van der Waals surface area contributed by atoms with Crippen molar-refractivity contribution in [1.29, 1.82) is 0 Å². The van der Waals surface area contributed by atoms with Crippen LogP contribution in [0.1, 0.15) is 26.7 Å². The zero-order chi connectivity index (χ0) is 11.7. The first kappa shape index (κ1) is 13.7. The molecule has 0 spiro atoms. The Bertz CT molecular complexity index is 206. The summed E-state index contributed by atoms with van der Waals surface area (Å²) in [6, 6.07) is 0. The molecule has 0 aliphatic rings. The molecule has 15 heavy (non-hydrogen) atoms. The zero-order valence-electron chi connectivity index (χ0n) is 9.62. The third kappa shape index (κ3) is 6.76. The van der Waals surface area contributed by atoms with E-state index in [9.17, 15) is 9.59 Å². The topological polar surface area (TPSA) is 55.8 Å². The third-order valence-corrected chi connectivity index (χ3v) is 1.57. The molecular formula is C10H19NO4. The molecule has 0 heterocycles. The molecular weight excluding hydrogens is 198 g/mol. The number of carbonyl (C=O) groups excluding carboxylic acids is 2. The van der Waals surface area contributed by atoms with Crippen molar-refractivity contribution >= 4 is 12.1 Å². The van der Waals surface area contributed by atoms with Crippen molar-refractivity contribution in [1.82, 2.24) is 4.90 Å². The van der Waals surface area contributed by atoms with Gasteiger partial charge in [0, 0.05) is 7.05 Å². The van der Waals surface area contributed by atoms with Gasteiger partial charge in [0.1, 0.15) is 6.54 Å². The highest BCUT2D eigenvalue weighted by molar-refractivity contribution is 5.77. The van der Waals surface area contributed by atoms with Gasteiger partial charge in [-0.3, -0.25) is 4.79 Å². The van der Waals surface area contributed by atoms with E-state index in [0.717, 1.165) is 12.8 Å². The second kappa shape index (κ2) is 8.08. The molecule has 0 unspecified atom stereocenters. The van der Waals surface area contributed by atoms with Crippen LogP contribution in [0.2, 0.25) is 0 Å². The predicted molar refractivity (Wildman–Crippen MR) is 55.5 cm³/mol. The summed E-state index contributed by atoms with van der Waals surface area (Å²) >= 11 is 0. The standard InChI is InChI=1S/C10H19NO4/c1-4-6-14-9(12)8-11(3)10(13)15-7-5-2/h4-8H2,1-3H3. The molecule has 5 heteroatoms. The van der Waals surface area contributed by atoms with Crippen LogP contribution in [-0.2, 0) is 14.3 Å². The molecule has 0 saturated heterocycles. The Kier molecular flexibility index (Phi) is 7.40. The highest BCUT2D eigenvalue weighted by atomic mass is 16.6. The third-order valence-electron chi connectivity index (χ3n) is 1.57. The van der Waals surface area contributed by atoms with Crippen LogP contribution in [0.3, 0.4) is 0 Å². The summed E-state index contributed by atoms with van der Waals surface area (Å²) in [6.45, 7) is 4.50. The summed E-state index contributed by atoms with van der Waals surface area (Å²) in [5, 5.41) is 0. The minimum atomic E-state index is -0.495. The number of carbonyl (C=O) groups is 2. The van der Waals surface area contributed by atoms with Crippen LogP contribution >= 0.6 is 0 Å². The molecule has 0 aromatic heterocycles. The van der Waals surface area contributed by atoms with Gasteiger partial charge in [0.2, 0.25) is 0 Å². The van der Waals surface area contributed by atoms with Crippen LogP contribution in [0.15, 0.2) is 0 Å². The number of hydrogen-bond donors (Lipinski definition) is 0. The summed E-state index contributed by atoms with van der Waals surface area (Å²) in [4.78, 5) is 23.5. The van der Waals surface area contributed by atoms with Gasteiger partial charge in [0.15, 0.2) is 0 Å². The maximum absolute atomic E-state index is 11.2. The van der Waals surface area contributed by atoms with Gasteiger partial charge in [-0.2, -0.15) is 0 Å². The minimum absolute atomic E-state index is 0.0669. The molecule has 0 aliphatic heterocycles. The Morgan fingerprint density at radius 2 is 1.60 bits per heavy atom. The Morgan fingerprint density at radius 3 is 2.13 bits per heavy atom. The van der Waals surface area contributed by atoms with E-state index in [1.165, 1.54) is 11.9 Å². The van der Waals surface area contributed by atoms with Crippen LogP contribution < -0.4 is 0 Å². The summed E-state index contributed by atoms with van der Waals surface area (Å²) in [6.07, 6.45) is 1.04. The van der Waals surface area contributed by atoms with E-state index in [1.807, 2.05) is 13.8 Å². The van der Waals surface area contributed by atoms with E-state index in [1.54, 1.807) is 0 Å². The van der Waals surface area contributed by atoms with Crippen molar-refractivity contribution in [2.45, 2.75) is 26.7 Å². The van der Waals surface area contributed by atoms with Gasteiger partial charge in [-0.25, -0.2) is 4.79 Å². The maximum atomic E-state index is 11.2. The molecule has 5 nitrogen and oxygen atoms in total. The van der Waals surface area contributed by atoms with Crippen molar-refractivity contribution in [2.24, 2.45) is 0 Å². The molecule has 0 atom stereocenters. The van der Waals surface area contributed by atoms with Crippen LogP contribution in [0.25, 0.3) is 0 Å². The summed E-state index contributed by atoms with van der Waals surface area (Å²) in [7, 11) is 1.51. The van der Waals surface area contributed by atoms with Gasteiger partial charge in [0.25, 0.3) is 0 Å². The largest absolute Gasteiger partial charge is 0.464 e. The smallest absolute Gasteiger partial charge is 0.410 e. The van der Waals surface area contributed by atoms with Gasteiger partial charge in [-0.15, -0.1) is 0 Å². The van der Waals surface area contributed by atoms with Crippen LogP contribution in [0.4, 0.5) is 4.79 Å². The molecule has 0 bridgehead atoms. The van der Waals surface area contributed by atoms with Gasteiger partial charge < -0.3 is 14.4 Å². The van der Waals surface area contributed by atoms with Crippen molar-refractivity contribution < 1.29 is 19.1 Å². The van der Waals surface area contributed by atoms with Crippen molar-refractivity contribution in [3.05, 3.63) is 0 Å². The van der Waals surface area contributed by atoms with E-state index in [0.29, 0.717) is 13.2 Å². The van der Waals surface area contributed by atoms with E-state index >= 15 is 0 Å². The summed E-state index contributed by atoms with van der Waals surface area (Å²) in [5.74, 6) is -0.409. The SMILES string of the molecule is CCCOC(=O)CN(C)C(=O)OCCC. The molecule has 0 aliphatic carbocycles. The Labute approximate surface area is 90.3 Å². The second-order valence-electron chi connectivity index (χ2n) is 3.19. The van der Waals surface area contributed by atoms with E-state index in [2.05, 4.69) is 0 Å². The quantitative estimate of drug-likeness (QED) is 0.631. The lowest BCUT2D eigenvalue weighted by Gasteiger charge is -2.15. The molecule has 1 amide bonds. The number of nitrogens with zero attached hydrogens (tertiary/aromatic N) is 1.